The lowest BCUT2D eigenvalue weighted by Gasteiger charge is -2.29. The third-order valence-corrected chi connectivity index (χ3v) is 4.74. The van der Waals surface area contributed by atoms with E-state index in [1.807, 2.05) is 20.8 Å². The van der Waals surface area contributed by atoms with Gasteiger partial charge in [-0.2, -0.15) is 0 Å². The highest BCUT2D eigenvalue weighted by Gasteiger charge is 2.29. The molecule has 0 spiro atoms. The van der Waals surface area contributed by atoms with Crippen molar-refractivity contribution in [2.24, 2.45) is 11.8 Å². The average Bonchev–Trinajstić information content (AvgIpc) is 2.51. The van der Waals surface area contributed by atoms with Gasteiger partial charge in [0.15, 0.2) is 0 Å². The molecule has 0 aromatic heterocycles. The third-order valence-electron chi connectivity index (χ3n) is 4.74. The first kappa shape index (κ1) is 20.9. The van der Waals surface area contributed by atoms with Crippen LogP contribution in [0.15, 0.2) is 0 Å². The number of nitrogens with one attached hydrogen (secondary N) is 1. The van der Waals surface area contributed by atoms with Crippen LogP contribution in [0.25, 0.3) is 0 Å². The van der Waals surface area contributed by atoms with Gasteiger partial charge in [-0.05, 0) is 52.4 Å². The Labute approximate surface area is 146 Å². The minimum Gasteiger partial charge on any atom is -0.480 e. The summed E-state index contributed by atoms with van der Waals surface area (Å²) in [6, 6.07) is -0.863. The molecule has 1 atom stereocenters. The molecule has 0 aromatic carbocycles. The van der Waals surface area contributed by atoms with E-state index in [0.29, 0.717) is 13.0 Å². The normalized spacial score (nSPS) is 22.8. The number of carbonyl (C=O) groups is 2. The quantitative estimate of drug-likeness (QED) is 0.669. The molecule has 1 aliphatic rings. The van der Waals surface area contributed by atoms with Gasteiger partial charge in [-0.3, -0.25) is 4.79 Å². The molecule has 24 heavy (non-hydrogen) atoms. The van der Waals surface area contributed by atoms with E-state index in [1.54, 1.807) is 0 Å². The number of amides is 1. The van der Waals surface area contributed by atoms with Crippen LogP contribution in [0, 0.1) is 11.8 Å². The Bertz CT molecular complexity index is 395. The van der Waals surface area contributed by atoms with E-state index in [1.165, 1.54) is 19.3 Å². The van der Waals surface area contributed by atoms with Crippen molar-refractivity contribution in [1.82, 2.24) is 5.32 Å². The molecule has 5 heteroatoms. The maximum absolute atomic E-state index is 12.4. The van der Waals surface area contributed by atoms with Crippen molar-refractivity contribution < 1.29 is 19.4 Å². The Balaban J connectivity index is 2.39. The van der Waals surface area contributed by atoms with Gasteiger partial charge in [0, 0.05) is 18.9 Å². The van der Waals surface area contributed by atoms with Gasteiger partial charge in [-0.15, -0.1) is 0 Å². The van der Waals surface area contributed by atoms with Gasteiger partial charge in [0.25, 0.3) is 0 Å². The fraction of sp³-hybridized carbons (Fsp3) is 0.895. The van der Waals surface area contributed by atoms with Crippen LogP contribution in [0.2, 0.25) is 0 Å². The molecule has 0 bridgehead atoms. The first-order valence-corrected chi connectivity index (χ1v) is 9.40. The fourth-order valence-corrected chi connectivity index (χ4v) is 3.24. The van der Waals surface area contributed by atoms with Crippen molar-refractivity contribution in [3.05, 3.63) is 0 Å². The second-order valence-electron chi connectivity index (χ2n) is 8.01. The van der Waals surface area contributed by atoms with Gasteiger partial charge >= 0.3 is 5.97 Å². The summed E-state index contributed by atoms with van der Waals surface area (Å²) in [5.41, 5.74) is -0.302. The second-order valence-corrected chi connectivity index (χ2v) is 8.01. The van der Waals surface area contributed by atoms with Crippen LogP contribution in [-0.4, -0.2) is 35.2 Å². The maximum Gasteiger partial charge on any atom is 0.326 e. The molecule has 1 aliphatic carbocycles. The first-order chi connectivity index (χ1) is 11.2. The number of carboxylic acids is 1. The van der Waals surface area contributed by atoms with Crippen molar-refractivity contribution in [3.8, 4) is 0 Å². The van der Waals surface area contributed by atoms with Crippen LogP contribution in [0.5, 0.6) is 0 Å². The van der Waals surface area contributed by atoms with E-state index in [2.05, 4.69) is 12.2 Å². The van der Waals surface area contributed by atoms with E-state index < -0.39 is 12.0 Å². The van der Waals surface area contributed by atoms with Crippen LogP contribution in [0.3, 0.4) is 0 Å². The number of carboxylic acid groups (broad SMARTS) is 1. The van der Waals surface area contributed by atoms with Crippen LogP contribution in [0.4, 0.5) is 0 Å². The summed E-state index contributed by atoms with van der Waals surface area (Å²) in [5, 5.41) is 12.0. The van der Waals surface area contributed by atoms with Crippen molar-refractivity contribution in [2.75, 3.05) is 6.61 Å². The van der Waals surface area contributed by atoms with Crippen LogP contribution in [0.1, 0.15) is 79.1 Å². The molecule has 1 amide bonds. The summed E-state index contributed by atoms with van der Waals surface area (Å²) in [6.07, 6.45) is 7.96. The van der Waals surface area contributed by atoms with Crippen molar-refractivity contribution in [2.45, 2.75) is 90.7 Å². The van der Waals surface area contributed by atoms with E-state index in [4.69, 9.17) is 4.74 Å². The number of ether oxygens (including phenoxy) is 1. The van der Waals surface area contributed by atoms with Crippen molar-refractivity contribution in [3.63, 3.8) is 0 Å². The van der Waals surface area contributed by atoms with E-state index in [0.717, 1.165) is 31.6 Å². The Morgan fingerprint density at radius 2 is 1.83 bits per heavy atom. The van der Waals surface area contributed by atoms with Crippen molar-refractivity contribution >= 4 is 11.9 Å². The largest absolute Gasteiger partial charge is 0.480 e. The summed E-state index contributed by atoms with van der Waals surface area (Å²) < 4.78 is 5.57. The highest BCUT2D eigenvalue weighted by Crippen LogP contribution is 2.32. The molecular formula is C19H35NO4. The summed E-state index contributed by atoms with van der Waals surface area (Å²) in [6.45, 7) is 8.31. The van der Waals surface area contributed by atoms with Gasteiger partial charge in [0.2, 0.25) is 5.91 Å². The Morgan fingerprint density at radius 3 is 2.33 bits per heavy atom. The monoisotopic (exact) mass is 341 g/mol. The number of hydrogen-bond acceptors (Lipinski definition) is 3. The fourth-order valence-electron chi connectivity index (χ4n) is 3.24. The number of unbranched alkanes of at least 4 members (excludes halogenated alkanes) is 1. The smallest absolute Gasteiger partial charge is 0.326 e. The minimum absolute atomic E-state index is 0.0340. The number of hydrogen-bond donors (Lipinski definition) is 2. The summed E-state index contributed by atoms with van der Waals surface area (Å²) >= 11 is 0. The Morgan fingerprint density at radius 1 is 1.21 bits per heavy atom. The van der Waals surface area contributed by atoms with E-state index in [-0.39, 0.29) is 17.4 Å². The zero-order chi connectivity index (χ0) is 18.2. The van der Waals surface area contributed by atoms with Crippen LogP contribution in [-0.2, 0) is 14.3 Å². The highest BCUT2D eigenvalue weighted by molar-refractivity contribution is 5.85. The van der Waals surface area contributed by atoms with Gasteiger partial charge in [0.1, 0.15) is 6.04 Å². The topological polar surface area (TPSA) is 75.6 Å². The zero-order valence-corrected chi connectivity index (χ0v) is 15.8. The SMILES string of the molecule is CCCCC1CCC(C(=O)NC(CCOC(C)(C)C)C(=O)O)CC1. The number of rotatable bonds is 9. The molecule has 0 radical (unpaired) electrons. The van der Waals surface area contributed by atoms with Gasteiger partial charge in [-0.25, -0.2) is 4.79 Å². The lowest BCUT2D eigenvalue weighted by molar-refractivity contribution is -0.143. The molecule has 140 valence electrons. The molecule has 0 saturated heterocycles. The molecule has 5 nitrogen and oxygen atoms in total. The average molecular weight is 341 g/mol. The first-order valence-electron chi connectivity index (χ1n) is 9.40. The predicted octanol–water partition coefficient (Wildman–Crippen LogP) is 3.76. The van der Waals surface area contributed by atoms with Crippen molar-refractivity contribution in [1.29, 1.82) is 0 Å². The maximum atomic E-state index is 12.4. The van der Waals surface area contributed by atoms with Gasteiger partial charge in [0.05, 0.1) is 5.60 Å². The molecule has 1 rings (SSSR count). The lowest BCUT2D eigenvalue weighted by Crippen LogP contribution is -2.45. The Kier molecular flexibility index (Phi) is 8.74. The highest BCUT2D eigenvalue weighted by atomic mass is 16.5. The van der Waals surface area contributed by atoms with Gasteiger partial charge < -0.3 is 15.2 Å². The summed E-state index contributed by atoms with van der Waals surface area (Å²) in [7, 11) is 0. The predicted molar refractivity (Wildman–Crippen MR) is 94.9 cm³/mol. The second kappa shape index (κ2) is 10.0. The Hall–Kier alpha value is -1.10. The van der Waals surface area contributed by atoms with E-state index >= 15 is 0 Å². The molecule has 0 aromatic rings. The summed E-state index contributed by atoms with van der Waals surface area (Å²) in [4.78, 5) is 23.8. The molecule has 1 saturated carbocycles. The number of carbonyl (C=O) groups excluding carboxylic acids is 1. The zero-order valence-electron chi connectivity index (χ0n) is 15.8. The molecule has 1 unspecified atom stereocenters. The van der Waals surface area contributed by atoms with Crippen LogP contribution >= 0.6 is 0 Å². The van der Waals surface area contributed by atoms with E-state index in [9.17, 15) is 14.7 Å². The molecular weight excluding hydrogens is 306 g/mol. The molecule has 0 heterocycles. The molecule has 1 fully saturated rings. The molecule has 0 aliphatic heterocycles. The van der Waals surface area contributed by atoms with Gasteiger partial charge in [-0.1, -0.05) is 26.2 Å². The standard InChI is InChI=1S/C19H35NO4/c1-5-6-7-14-8-10-15(11-9-14)17(21)20-16(18(22)23)12-13-24-19(2,3)4/h14-16H,5-13H2,1-4H3,(H,20,21)(H,22,23). The van der Waals surface area contributed by atoms with Crippen LogP contribution < -0.4 is 5.32 Å². The number of aliphatic carboxylic acids is 1. The minimum atomic E-state index is -0.988. The summed E-state index contributed by atoms with van der Waals surface area (Å²) in [5.74, 6) is -0.387. The molecule has 2 N–H and O–H groups in total. The third kappa shape index (κ3) is 8.13. The lowest BCUT2D eigenvalue weighted by atomic mass is 9.79.